The van der Waals surface area contributed by atoms with E-state index in [1.54, 1.807) is 0 Å². The first-order valence-corrected chi connectivity index (χ1v) is 6.88. The Morgan fingerprint density at radius 2 is 2.05 bits per heavy atom. The van der Waals surface area contributed by atoms with E-state index in [2.05, 4.69) is 11.4 Å². The van der Waals surface area contributed by atoms with Gasteiger partial charge in [0.05, 0.1) is 0 Å². The van der Waals surface area contributed by atoms with Gasteiger partial charge in [-0.05, 0) is 30.0 Å². The summed E-state index contributed by atoms with van der Waals surface area (Å²) in [7, 11) is 0. The van der Waals surface area contributed by atoms with E-state index < -0.39 is 0 Å². The number of carbonyl (C=O) groups is 1. The monoisotopic (exact) mass is 300 g/mol. The summed E-state index contributed by atoms with van der Waals surface area (Å²) in [5, 5.41) is 4.03. The molecule has 19 heavy (non-hydrogen) atoms. The van der Waals surface area contributed by atoms with E-state index in [4.69, 9.17) is 11.6 Å². The predicted octanol–water partition coefficient (Wildman–Crippen LogP) is 2.30. The van der Waals surface area contributed by atoms with E-state index in [0.717, 1.165) is 37.6 Å². The second kappa shape index (κ2) is 6.12. The smallest absolute Gasteiger partial charge is 0.226 e. The highest BCUT2D eigenvalue weighted by Crippen LogP contribution is 2.48. The van der Waals surface area contributed by atoms with Gasteiger partial charge in [-0.15, -0.1) is 12.4 Å². The van der Waals surface area contributed by atoms with Gasteiger partial charge in [-0.3, -0.25) is 4.79 Å². The molecule has 0 bridgehead atoms. The quantitative estimate of drug-likeness (QED) is 0.909. The Balaban J connectivity index is 0.00000133. The first-order chi connectivity index (χ1) is 8.75. The third-order valence-electron chi connectivity index (χ3n) is 3.81. The lowest BCUT2D eigenvalue weighted by Crippen LogP contribution is -2.47. The fourth-order valence-corrected chi connectivity index (χ4v) is 2.89. The summed E-state index contributed by atoms with van der Waals surface area (Å²) in [6.45, 7) is 3.52. The van der Waals surface area contributed by atoms with Crippen molar-refractivity contribution in [1.29, 1.82) is 0 Å². The highest BCUT2D eigenvalue weighted by molar-refractivity contribution is 6.30. The molecular formula is C14H18Cl2N2O. The van der Waals surface area contributed by atoms with Crippen LogP contribution in [0, 0.1) is 5.92 Å². The molecule has 2 aliphatic rings. The molecule has 3 nitrogen and oxygen atoms in total. The molecule has 1 N–H and O–H groups in total. The van der Waals surface area contributed by atoms with Gasteiger partial charge in [0.15, 0.2) is 0 Å². The van der Waals surface area contributed by atoms with Crippen LogP contribution in [0.15, 0.2) is 24.3 Å². The Kier molecular flexibility index (Phi) is 4.71. The molecule has 0 aromatic heterocycles. The molecule has 104 valence electrons. The number of piperazine rings is 1. The lowest BCUT2D eigenvalue weighted by molar-refractivity contribution is -0.133. The first kappa shape index (κ1) is 14.6. The molecule has 1 saturated carbocycles. The predicted molar refractivity (Wildman–Crippen MR) is 79.0 cm³/mol. The minimum absolute atomic E-state index is 0. The summed E-state index contributed by atoms with van der Waals surface area (Å²) in [6.07, 6.45) is 0.975. The average molecular weight is 301 g/mol. The van der Waals surface area contributed by atoms with Gasteiger partial charge >= 0.3 is 0 Å². The lowest BCUT2D eigenvalue weighted by Gasteiger charge is -2.27. The topological polar surface area (TPSA) is 32.3 Å². The molecule has 1 aromatic carbocycles. The van der Waals surface area contributed by atoms with Crippen molar-refractivity contribution < 1.29 is 4.79 Å². The van der Waals surface area contributed by atoms with Gasteiger partial charge in [-0.1, -0.05) is 23.7 Å². The van der Waals surface area contributed by atoms with Gasteiger partial charge in [0.25, 0.3) is 0 Å². The fraction of sp³-hybridized carbons (Fsp3) is 0.500. The summed E-state index contributed by atoms with van der Waals surface area (Å²) in [4.78, 5) is 14.3. The SMILES string of the molecule is Cl.O=C(C1CC1c1cccc(Cl)c1)N1CCNCC1. The third-order valence-corrected chi connectivity index (χ3v) is 4.05. The Hall–Kier alpha value is -0.770. The number of amides is 1. The second-order valence-corrected chi connectivity index (χ2v) is 5.52. The maximum Gasteiger partial charge on any atom is 0.226 e. The number of hydrogen-bond donors (Lipinski definition) is 1. The Morgan fingerprint density at radius 3 is 2.74 bits per heavy atom. The van der Waals surface area contributed by atoms with Crippen LogP contribution in [0.2, 0.25) is 5.02 Å². The van der Waals surface area contributed by atoms with Crippen LogP contribution >= 0.6 is 24.0 Å². The summed E-state index contributed by atoms with van der Waals surface area (Å²) in [5.41, 5.74) is 1.20. The standard InChI is InChI=1S/C14H17ClN2O.ClH/c15-11-3-1-2-10(8-11)12-9-13(12)14(18)17-6-4-16-5-7-17;/h1-3,8,12-13,16H,4-7,9H2;1H. The number of halogens is 2. The van der Waals surface area contributed by atoms with Crippen LogP contribution in [-0.2, 0) is 4.79 Å². The normalized spacial score (nSPS) is 25.6. The summed E-state index contributed by atoms with van der Waals surface area (Å²) < 4.78 is 0. The number of nitrogens with one attached hydrogen (secondary N) is 1. The van der Waals surface area contributed by atoms with E-state index in [1.165, 1.54) is 5.56 Å². The van der Waals surface area contributed by atoms with Gasteiger partial charge in [0, 0.05) is 37.1 Å². The van der Waals surface area contributed by atoms with E-state index in [-0.39, 0.29) is 18.3 Å². The number of nitrogens with zero attached hydrogens (tertiary/aromatic N) is 1. The van der Waals surface area contributed by atoms with Crippen LogP contribution < -0.4 is 5.32 Å². The van der Waals surface area contributed by atoms with Crippen molar-refractivity contribution in [2.24, 2.45) is 5.92 Å². The molecule has 2 fully saturated rings. The minimum Gasteiger partial charge on any atom is -0.340 e. The summed E-state index contributed by atoms with van der Waals surface area (Å²) in [6, 6.07) is 7.89. The van der Waals surface area contributed by atoms with Crippen LogP contribution in [0.25, 0.3) is 0 Å². The zero-order chi connectivity index (χ0) is 12.5. The molecule has 1 aliphatic heterocycles. The van der Waals surface area contributed by atoms with Crippen LogP contribution in [0.5, 0.6) is 0 Å². The van der Waals surface area contributed by atoms with Gasteiger partial charge in [0.2, 0.25) is 5.91 Å². The number of benzene rings is 1. The summed E-state index contributed by atoms with van der Waals surface area (Å²) >= 11 is 5.99. The molecule has 0 radical (unpaired) electrons. The van der Waals surface area contributed by atoms with Crippen LogP contribution in [-0.4, -0.2) is 37.0 Å². The largest absolute Gasteiger partial charge is 0.340 e. The molecule has 1 amide bonds. The second-order valence-electron chi connectivity index (χ2n) is 5.08. The molecule has 1 aliphatic carbocycles. The average Bonchev–Trinajstić information content (AvgIpc) is 3.19. The molecule has 5 heteroatoms. The van der Waals surface area contributed by atoms with Crippen molar-refractivity contribution in [3.8, 4) is 0 Å². The van der Waals surface area contributed by atoms with Crippen molar-refractivity contribution in [2.75, 3.05) is 26.2 Å². The van der Waals surface area contributed by atoms with Gasteiger partial charge in [-0.25, -0.2) is 0 Å². The third kappa shape index (κ3) is 3.22. The first-order valence-electron chi connectivity index (χ1n) is 6.50. The number of rotatable bonds is 2. The van der Waals surface area contributed by atoms with Crippen molar-refractivity contribution in [3.05, 3.63) is 34.9 Å². The molecule has 1 aromatic rings. The van der Waals surface area contributed by atoms with E-state index in [0.29, 0.717) is 11.8 Å². The molecule has 0 spiro atoms. The molecular weight excluding hydrogens is 283 g/mol. The fourth-order valence-electron chi connectivity index (χ4n) is 2.69. The van der Waals surface area contributed by atoms with E-state index in [9.17, 15) is 4.79 Å². The molecule has 2 atom stereocenters. The van der Waals surface area contributed by atoms with Crippen LogP contribution in [0.1, 0.15) is 17.9 Å². The Labute approximate surface area is 124 Å². The number of carbonyl (C=O) groups excluding carboxylic acids is 1. The van der Waals surface area contributed by atoms with Crippen molar-refractivity contribution in [2.45, 2.75) is 12.3 Å². The maximum absolute atomic E-state index is 12.3. The zero-order valence-corrected chi connectivity index (χ0v) is 12.2. The molecule has 1 saturated heterocycles. The maximum atomic E-state index is 12.3. The highest BCUT2D eigenvalue weighted by Gasteiger charge is 2.45. The molecule has 1 heterocycles. The van der Waals surface area contributed by atoms with Crippen molar-refractivity contribution in [3.63, 3.8) is 0 Å². The highest BCUT2D eigenvalue weighted by atomic mass is 35.5. The van der Waals surface area contributed by atoms with Gasteiger partial charge < -0.3 is 10.2 Å². The lowest BCUT2D eigenvalue weighted by atomic mass is 10.1. The van der Waals surface area contributed by atoms with E-state index >= 15 is 0 Å². The van der Waals surface area contributed by atoms with Crippen molar-refractivity contribution in [1.82, 2.24) is 10.2 Å². The van der Waals surface area contributed by atoms with Gasteiger partial charge in [-0.2, -0.15) is 0 Å². The molecule has 2 unspecified atom stereocenters. The van der Waals surface area contributed by atoms with Crippen molar-refractivity contribution >= 4 is 29.9 Å². The Bertz CT molecular complexity index is 461. The Morgan fingerprint density at radius 1 is 1.32 bits per heavy atom. The summed E-state index contributed by atoms with van der Waals surface area (Å²) in [5.74, 6) is 0.883. The minimum atomic E-state index is 0. The van der Waals surface area contributed by atoms with Crippen LogP contribution in [0.4, 0.5) is 0 Å². The van der Waals surface area contributed by atoms with Crippen LogP contribution in [0.3, 0.4) is 0 Å². The molecule has 3 rings (SSSR count). The van der Waals surface area contributed by atoms with Gasteiger partial charge in [0.1, 0.15) is 0 Å². The van der Waals surface area contributed by atoms with E-state index in [1.807, 2.05) is 23.1 Å². The number of hydrogen-bond acceptors (Lipinski definition) is 2. The zero-order valence-electron chi connectivity index (χ0n) is 10.6.